The number of likely N-dealkylation sites (tertiary alicyclic amines) is 1. The maximum absolute atomic E-state index is 11.9. The van der Waals surface area contributed by atoms with Crippen LogP contribution in [0.5, 0.6) is 0 Å². The summed E-state index contributed by atoms with van der Waals surface area (Å²) in [5, 5.41) is 3.32. The molecule has 0 amide bonds. The van der Waals surface area contributed by atoms with Crippen LogP contribution >= 0.6 is 0 Å². The van der Waals surface area contributed by atoms with Gasteiger partial charge < -0.3 is 15.0 Å². The van der Waals surface area contributed by atoms with Gasteiger partial charge in [0.15, 0.2) is 0 Å². The van der Waals surface area contributed by atoms with Gasteiger partial charge in [-0.25, -0.2) is 0 Å². The lowest BCUT2D eigenvalue weighted by Gasteiger charge is -2.26. The zero-order valence-electron chi connectivity index (χ0n) is 13.3. The minimum atomic E-state index is -0.139. The fourth-order valence-electron chi connectivity index (χ4n) is 2.71. The Hall–Kier alpha value is -0.610. The molecule has 118 valence electrons. The molecule has 1 fully saturated rings. The summed E-state index contributed by atoms with van der Waals surface area (Å²) < 4.78 is 5.17. The van der Waals surface area contributed by atoms with Crippen molar-refractivity contribution in [1.29, 1.82) is 0 Å². The fraction of sp³-hybridized carbons (Fsp3) is 0.938. The van der Waals surface area contributed by atoms with Crippen molar-refractivity contribution in [2.45, 2.75) is 64.8 Å². The van der Waals surface area contributed by atoms with Crippen LogP contribution in [-0.4, -0.2) is 49.7 Å². The monoisotopic (exact) mass is 284 g/mol. The molecule has 0 aromatic heterocycles. The van der Waals surface area contributed by atoms with Crippen molar-refractivity contribution in [2.24, 2.45) is 0 Å². The molecule has 0 aliphatic carbocycles. The van der Waals surface area contributed by atoms with Gasteiger partial charge in [0.2, 0.25) is 0 Å². The highest BCUT2D eigenvalue weighted by molar-refractivity contribution is 5.75. The SMILES string of the molecule is CCCNC(CCN1CCCCCCC1)C(=O)OCC. The standard InChI is InChI=1S/C16H32N2O2/c1-3-11-17-15(16(19)20-4-2)10-14-18-12-8-6-5-7-9-13-18/h15,17H,3-14H2,1-2H3. The minimum absolute atomic E-state index is 0.0898. The summed E-state index contributed by atoms with van der Waals surface area (Å²) in [4.78, 5) is 14.5. The van der Waals surface area contributed by atoms with E-state index in [2.05, 4.69) is 17.1 Å². The largest absolute Gasteiger partial charge is 0.465 e. The summed E-state index contributed by atoms with van der Waals surface area (Å²) in [6.07, 6.45) is 8.59. The van der Waals surface area contributed by atoms with Crippen LogP contribution in [-0.2, 0) is 9.53 Å². The Morgan fingerprint density at radius 1 is 1.15 bits per heavy atom. The number of esters is 1. The Morgan fingerprint density at radius 2 is 1.80 bits per heavy atom. The van der Waals surface area contributed by atoms with Gasteiger partial charge in [-0.05, 0) is 52.2 Å². The predicted octanol–water partition coefficient (Wildman–Crippen LogP) is 2.57. The summed E-state index contributed by atoms with van der Waals surface area (Å²) in [6, 6.07) is -0.139. The van der Waals surface area contributed by atoms with Crippen LogP contribution in [0.3, 0.4) is 0 Å². The Bertz CT molecular complexity index is 251. The molecule has 1 aliphatic rings. The highest BCUT2D eigenvalue weighted by atomic mass is 16.5. The molecule has 1 aliphatic heterocycles. The van der Waals surface area contributed by atoms with E-state index < -0.39 is 0 Å². The van der Waals surface area contributed by atoms with E-state index >= 15 is 0 Å². The van der Waals surface area contributed by atoms with Crippen LogP contribution in [0.25, 0.3) is 0 Å². The maximum Gasteiger partial charge on any atom is 0.323 e. The van der Waals surface area contributed by atoms with Crippen molar-refractivity contribution in [3.63, 3.8) is 0 Å². The second kappa shape index (κ2) is 11.1. The number of nitrogens with one attached hydrogen (secondary N) is 1. The van der Waals surface area contributed by atoms with Crippen LogP contribution in [0.1, 0.15) is 58.8 Å². The van der Waals surface area contributed by atoms with E-state index in [1.807, 2.05) is 6.92 Å². The zero-order chi connectivity index (χ0) is 14.6. The summed E-state index contributed by atoms with van der Waals surface area (Å²) >= 11 is 0. The molecule has 0 aromatic carbocycles. The van der Waals surface area contributed by atoms with Crippen molar-refractivity contribution >= 4 is 5.97 Å². The van der Waals surface area contributed by atoms with E-state index in [4.69, 9.17) is 4.74 Å². The molecule has 1 N–H and O–H groups in total. The molecule has 1 saturated heterocycles. The smallest absolute Gasteiger partial charge is 0.323 e. The van der Waals surface area contributed by atoms with Gasteiger partial charge in [-0.3, -0.25) is 4.79 Å². The molecule has 0 aromatic rings. The van der Waals surface area contributed by atoms with Gasteiger partial charge >= 0.3 is 5.97 Å². The average molecular weight is 284 g/mol. The van der Waals surface area contributed by atoms with Gasteiger partial charge in [0.25, 0.3) is 0 Å². The van der Waals surface area contributed by atoms with Crippen LogP contribution in [0.15, 0.2) is 0 Å². The molecule has 1 atom stereocenters. The fourth-order valence-corrected chi connectivity index (χ4v) is 2.71. The zero-order valence-corrected chi connectivity index (χ0v) is 13.3. The molecule has 20 heavy (non-hydrogen) atoms. The van der Waals surface area contributed by atoms with Crippen LogP contribution in [0.2, 0.25) is 0 Å². The Labute approximate surface area is 124 Å². The van der Waals surface area contributed by atoms with Crippen molar-refractivity contribution in [2.75, 3.05) is 32.8 Å². The van der Waals surface area contributed by atoms with E-state index in [-0.39, 0.29) is 12.0 Å². The van der Waals surface area contributed by atoms with E-state index in [9.17, 15) is 4.79 Å². The third-order valence-electron chi connectivity index (χ3n) is 3.89. The normalized spacial score (nSPS) is 19.1. The summed E-state index contributed by atoms with van der Waals surface area (Å²) in [5.41, 5.74) is 0. The summed E-state index contributed by atoms with van der Waals surface area (Å²) in [6.45, 7) is 8.70. The predicted molar refractivity (Wildman–Crippen MR) is 82.9 cm³/mol. The Kier molecular flexibility index (Phi) is 9.67. The van der Waals surface area contributed by atoms with E-state index in [1.165, 1.54) is 45.2 Å². The van der Waals surface area contributed by atoms with E-state index in [0.717, 1.165) is 25.9 Å². The van der Waals surface area contributed by atoms with Crippen molar-refractivity contribution in [3.05, 3.63) is 0 Å². The molecule has 0 bridgehead atoms. The highest BCUT2D eigenvalue weighted by Gasteiger charge is 2.20. The third kappa shape index (κ3) is 7.25. The maximum atomic E-state index is 11.9. The molecule has 4 heteroatoms. The van der Waals surface area contributed by atoms with Crippen molar-refractivity contribution in [1.82, 2.24) is 10.2 Å². The second-order valence-electron chi connectivity index (χ2n) is 5.66. The van der Waals surface area contributed by atoms with Gasteiger partial charge in [-0.2, -0.15) is 0 Å². The van der Waals surface area contributed by atoms with Crippen molar-refractivity contribution < 1.29 is 9.53 Å². The first kappa shape index (κ1) is 17.4. The molecular formula is C16H32N2O2. The van der Waals surface area contributed by atoms with Gasteiger partial charge in [0.1, 0.15) is 6.04 Å². The van der Waals surface area contributed by atoms with E-state index in [1.54, 1.807) is 0 Å². The first-order valence-corrected chi connectivity index (χ1v) is 8.40. The lowest BCUT2D eigenvalue weighted by Crippen LogP contribution is -2.41. The van der Waals surface area contributed by atoms with E-state index in [0.29, 0.717) is 6.61 Å². The van der Waals surface area contributed by atoms with Gasteiger partial charge in [0.05, 0.1) is 6.61 Å². The molecule has 1 rings (SSSR count). The van der Waals surface area contributed by atoms with Gasteiger partial charge in [-0.15, -0.1) is 0 Å². The average Bonchev–Trinajstić information content (AvgIpc) is 2.40. The third-order valence-corrected chi connectivity index (χ3v) is 3.89. The molecule has 0 saturated carbocycles. The quantitative estimate of drug-likeness (QED) is 0.696. The number of ether oxygens (including phenoxy) is 1. The van der Waals surface area contributed by atoms with Crippen LogP contribution in [0, 0.1) is 0 Å². The number of hydrogen-bond acceptors (Lipinski definition) is 4. The first-order valence-electron chi connectivity index (χ1n) is 8.40. The number of hydrogen-bond donors (Lipinski definition) is 1. The number of rotatable bonds is 8. The molecule has 4 nitrogen and oxygen atoms in total. The van der Waals surface area contributed by atoms with Crippen molar-refractivity contribution in [3.8, 4) is 0 Å². The number of nitrogens with zero attached hydrogens (tertiary/aromatic N) is 1. The van der Waals surface area contributed by atoms with Gasteiger partial charge in [0, 0.05) is 6.54 Å². The highest BCUT2D eigenvalue weighted by Crippen LogP contribution is 2.11. The molecule has 0 radical (unpaired) electrons. The Morgan fingerprint density at radius 3 is 2.40 bits per heavy atom. The first-order chi connectivity index (χ1) is 9.77. The number of carbonyl (C=O) groups excluding carboxylic acids is 1. The lowest BCUT2D eigenvalue weighted by atomic mass is 10.1. The minimum Gasteiger partial charge on any atom is -0.465 e. The lowest BCUT2D eigenvalue weighted by molar-refractivity contribution is -0.145. The Balaban J connectivity index is 2.36. The van der Waals surface area contributed by atoms with Gasteiger partial charge in [-0.1, -0.05) is 26.2 Å². The second-order valence-corrected chi connectivity index (χ2v) is 5.66. The summed E-state index contributed by atoms with van der Waals surface area (Å²) in [5.74, 6) is -0.0898. The summed E-state index contributed by atoms with van der Waals surface area (Å²) in [7, 11) is 0. The molecule has 0 spiro atoms. The van der Waals surface area contributed by atoms with Crippen LogP contribution < -0.4 is 5.32 Å². The van der Waals surface area contributed by atoms with Crippen LogP contribution in [0.4, 0.5) is 0 Å². The topological polar surface area (TPSA) is 41.6 Å². The molecular weight excluding hydrogens is 252 g/mol. The molecule has 1 heterocycles. The molecule has 1 unspecified atom stereocenters. The number of carbonyl (C=O) groups is 1.